The Morgan fingerprint density at radius 2 is 2.21 bits per heavy atom. The topological polar surface area (TPSA) is 76.5 Å². The van der Waals surface area contributed by atoms with Crippen LogP contribution < -0.4 is 15.8 Å². The van der Waals surface area contributed by atoms with Crippen LogP contribution in [-0.4, -0.2) is 49.0 Å². The monoisotopic (exact) mass is 330 g/mol. The fourth-order valence-electron chi connectivity index (χ4n) is 1.88. The number of nitrogens with zero attached hydrogens (tertiary/aromatic N) is 3. The Hall–Kier alpha value is -1.41. The Morgan fingerprint density at radius 1 is 1.53 bits per heavy atom. The van der Waals surface area contributed by atoms with Gasteiger partial charge in [-0.3, -0.25) is 9.59 Å². The third-order valence-corrected chi connectivity index (χ3v) is 3.68. The van der Waals surface area contributed by atoms with Crippen molar-refractivity contribution in [3.8, 4) is 0 Å². The molecule has 1 fully saturated rings. The number of carbonyl (C=O) groups excluding carboxylic acids is 1. The highest BCUT2D eigenvalue weighted by atomic mass is 79.9. The largest absolute Gasteiger partial charge is 0.468 e. The van der Waals surface area contributed by atoms with Crippen LogP contribution in [0, 0.1) is 0 Å². The number of carbonyl (C=O) groups is 1. The van der Waals surface area contributed by atoms with Gasteiger partial charge in [0.2, 0.25) is 0 Å². The summed E-state index contributed by atoms with van der Waals surface area (Å²) in [6, 6.07) is 0. The molecule has 0 radical (unpaired) electrons. The maximum atomic E-state index is 12.1. The molecule has 0 spiro atoms. The molecule has 0 bridgehead atoms. The minimum absolute atomic E-state index is 0.185. The first-order valence-electron chi connectivity index (χ1n) is 5.91. The Morgan fingerprint density at radius 3 is 2.84 bits per heavy atom. The third-order valence-electron chi connectivity index (χ3n) is 2.93. The van der Waals surface area contributed by atoms with E-state index in [1.165, 1.54) is 7.11 Å². The first kappa shape index (κ1) is 14.0. The summed E-state index contributed by atoms with van der Waals surface area (Å²) in [5.41, 5.74) is 0.425. The molecule has 0 amide bonds. The number of piperazine rings is 1. The van der Waals surface area contributed by atoms with Gasteiger partial charge >= 0.3 is 5.97 Å². The van der Waals surface area contributed by atoms with Crippen LogP contribution in [0.5, 0.6) is 0 Å². The van der Waals surface area contributed by atoms with Gasteiger partial charge in [0.15, 0.2) is 0 Å². The number of halogens is 1. The van der Waals surface area contributed by atoms with Gasteiger partial charge < -0.3 is 15.0 Å². The maximum Gasteiger partial charge on any atom is 0.327 e. The van der Waals surface area contributed by atoms with E-state index in [4.69, 9.17) is 0 Å². The lowest BCUT2D eigenvalue weighted by Gasteiger charge is -2.29. The molecule has 0 aliphatic carbocycles. The van der Waals surface area contributed by atoms with Crippen LogP contribution in [0.4, 0.5) is 5.69 Å². The first-order valence-corrected chi connectivity index (χ1v) is 6.71. The van der Waals surface area contributed by atoms with Crippen LogP contribution in [0.1, 0.15) is 0 Å². The van der Waals surface area contributed by atoms with E-state index in [1.54, 1.807) is 6.20 Å². The van der Waals surface area contributed by atoms with Gasteiger partial charge in [0.1, 0.15) is 11.0 Å². The first-order chi connectivity index (χ1) is 9.13. The minimum atomic E-state index is -0.503. The molecule has 8 heteroatoms. The van der Waals surface area contributed by atoms with Gasteiger partial charge in [-0.05, 0) is 15.9 Å². The Kier molecular flexibility index (Phi) is 4.54. The lowest BCUT2D eigenvalue weighted by Crippen LogP contribution is -2.44. The summed E-state index contributed by atoms with van der Waals surface area (Å²) >= 11 is 3.29. The SMILES string of the molecule is COC(=O)Cn1ncc(N2CCNCC2)c(Br)c1=O. The number of anilines is 1. The van der Waals surface area contributed by atoms with Crippen LogP contribution in [0.2, 0.25) is 0 Å². The van der Waals surface area contributed by atoms with Crippen LogP contribution in [0.15, 0.2) is 15.5 Å². The van der Waals surface area contributed by atoms with Crippen molar-refractivity contribution in [2.75, 3.05) is 38.2 Å². The van der Waals surface area contributed by atoms with E-state index in [9.17, 15) is 9.59 Å². The van der Waals surface area contributed by atoms with E-state index in [2.05, 4.69) is 36.0 Å². The Labute approximate surface area is 118 Å². The van der Waals surface area contributed by atoms with E-state index >= 15 is 0 Å². The number of rotatable bonds is 3. The third kappa shape index (κ3) is 3.13. The fourth-order valence-corrected chi connectivity index (χ4v) is 2.44. The van der Waals surface area contributed by atoms with Crippen molar-refractivity contribution in [3.05, 3.63) is 21.0 Å². The molecule has 0 aromatic carbocycles. The summed E-state index contributed by atoms with van der Waals surface area (Å²) in [7, 11) is 1.28. The number of esters is 1. The number of aromatic nitrogens is 2. The summed E-state index contributed by atoms with van der Waals surface area (Å²) in [5, 5.41) is 7.26. The molecule has 1 aliphatic heterocycles. The lowest BCUT2D eigenvalue weighted by molar-refractivity contribution is -0.141. The van der Waals surface area contributed by atoms with Crippen molar-refractivity contribution < 1.29 is 9.53 Å². The number of hydrogen-bond acceptors (Lipinski definition) is 6. The average molecular weight is 331 g/mol. The number of hydrogen-bond donors (Lipinski definition) is 1. The molecule has 104 valence electrons. The van der Waals surface area contributed by atoms with Gasteiger partial charge in [-0.25, -0.2) is 4.68 Å². The van der Waals surface area contributed by atoms with Crippen LogP contribution >= 0.6 is 15.9 Å². The van der Waals surface area contributed by atoms with E-state index in [-0.39, 0.29) is 12.1 Å². The molecule has 2 heterocycles. The summed E-state index contributed by atoms with van der Waals surface area (Å²) < 4.78 is 6.03. The van der Waals surface area contributed by atoms with E-state index < -0.39 is 5.97 Å². The molecule has 1 aliphatic rings. The normalized spacial score (nSPS) is 15.4. The van der Waals surface area contributed by atoms with Crippen molar-refractivity contribution in [2.24, 2.45) is 0 Å². The number of methoxy groups -OCH3 is 1. The summed E-state index contributed by atoms with van der Waals surface area (Å²) in [6.07, 6.45) is 1.60. The highest BCUT2D eigenvalue weighted by Gasteiger charge is 2.17. The molecule has 1 aromatic heterocycles. The van der Waals surface area contributed by atoms with Crippen molar-refractivity contribution in [1.29, 1.82) is 0 Å². The molecular weight excluding hydrogens is 316 g/mol. The summed E-state index contributed by atoms with van der Waals surface area (Å²) in [6.45, 7) is 3.20. The predicted octanol–water partition coefficient (Wildman–Crippen LogP) is -0.412. The van der Waals surface area contributed by atoms with E-state index in [0.29, 0.717) is 4.47 Å². The van der Waals surface area contributed by atoms with Gasteiger partial charge in [-0.1, -0.05) is 0 Å². The maximum absolute atomic E-state index is 12.1. The fraction of sp³-hybridized carbons (Fsp3) is 0.545. The number of ether oxygens (including phenoxy) is 1. The molecule has 0 saturated carbocycles. The van der Waals surface area contributed by atoms with Gasteiger partial charge in [0, 0.05) is 26.2 Å². The molecule has 2 rings (SSSR count). The van der Waals surface area contributed by atoms with Gasteiger partial charge in [-0.15, -0.1) is 0 Å². The van der Waals surface area contributed by atoms with E-state index in [0.717, 1.165) is 36.5 Å². The Balaban J connectivity index is 2.26. The second kappa shape index (κ2) is 6.16. The highest BCUT2D eigenvalue weighted by molar-refractivity contribution is 9.10. The molecule has 1 saturated heterocycles. The van der Waals surface area contributed by atoms with E-state index in [1.807, 2.05) is 0 Å². The highest BCUT2D eigenvalue weighted by Crippen LogP contribution is 2.21. The predicted molar refractivity (Wildman–Crippen MR) is 73.3 cm³/mol. The lowest BCUT2D eigenvalue weighted by atomic mass is 10.3. The quantitative estimate of drug-likeness (QED) is 0.759. The van der Waals surface area contributed by atoms with Crippen molar-refractivity contribution in [1.82, 2.24) is 15.1 Å². The molecule has 1 N–H and O–H groups in total. The number of nitrogens with one attached hydrogen (secondary N) is 1. The van der Waals surface area contributed by atoms with Gasteiger partial charge in [0.25, 0.3) is 5.56 Å². The molecule has 0 unspecified atom stereocenters. The van der Waals surface area contributed by atoms with Crippen molar-refractivity contribution in [2.45, 2.75) is 6.54 Å². The minimum Gasteiger partial charge on any atom is -0.468 e. The van der Waals surface area contributed by atoms with Gasteiger partial charge in [-0.2, -0.15) is 5.10 Å². The molecular formula is C11H15BrN4O3. The zero-order valence-electron chi connectivity index (χ0n) is 10.6. The molecule has 19 heavy (non-hydrogen) atoms. The standard InChI is InChI=1S/C11H15BrN4O3/c1-19-9(17)7-16-11(18)10(12)8(6-14-16)15-4-2-13-3-5-15/h6,13H,2-5,7H2,1H3. The zero-order valence-corrected chi connectivity index (χ0v) is 12.1. The summed E-state index contributed by atoms with van der Waals surface area (Å²) in [5.74, 6) is -0.503. The molecule has 7 nitrogen and oxygen atoms in total. The van der Waals surface area contributed by atoms with Crippen LogP contribution in [-0.2, 0) is 16.1 Å². The Bertz CT molecular complexity index is 525. The summed E-state index contributed by atoms with van der Waals surface area (Å²) in [4.78, 5) is 25.3. The van der Waals surface area contributed by atoms with Gasteiger partial charge in [0.05, 0.1) is 19.0 Å². The smallest absolute Gasteiger partial charge is 0.327 e. The van der Waals surface area contributed by atoms with Crippen molar-refractivity contribution >= 4 is 27.6 Å². The van der Waals surface area contributed by atoms with Crippen LogP contribution in [0.3, 0.4) is 0 Å². The molecule has 0 atom stereocenters. The average Bonchev–Trinajstić information content (AvgIpc) is 2.45. The second-order valence-corrected chi connectivity index (χ2v) is 4.91. The molecule has 1 aromatic rings. The van der Waals surface area contributed by atoms with Crippen molar-refractivity contribution in [3.63, 3.8) is 0 Å². The second-order valence-electron chi connectivity index (χ2n) is 4.12. The van der Waals surface area contributed by atoms with Crippen LogP contribution in [0.25, 0.3) is 0 Å². The zero-order chi connectivity index (χ0) is 13.8.